The first-order chi connectivity index (χ1) is 14.6. The summed E-state index contributed by atoms with van der Waals surface area (Å²) >= 11 is 11.9. The largest absolute Gasteiger partial charge is 0.344 e. The summed E-state index contributed by atoms with van der Waals surface area (Å²) in [5.41, 5.74) is 1.83. The van der Waals surface area contributed by atoms with Crippen LogP contribution in [0.1, 0.15) is 39.5 Å². The number of carbonyl (C=O) groups excluding carboxylic acids is 4. The van der Waals surface area contributed by atoms with Crippen LogP contribution in [-0.2, 0) is 14.4 Å². The van der Waals surface area contributed by atoms with E-state index < -0.39 is 29.4 Å². The van der Waals surface area contributed by atoms with Gasteiger partial charge in [0.05, 0.1) is 22.6 Å². The maximum Gasteiger partial charge on any atom is 0.344 e. The number of halogens is 2. The van der Waals surface area contributed by atoms with Crippen molar-refractivity contribution in [1.29, 1.82) is 0 Å². The maximum absolute atomic E-state index is 12.8. The number of hydrazine groups is 1. The number of urea groups is 1. The molecule has 2 atom stereocenters. The number of piperidine rings is 1. The van der Waals surface area contributed by atoms with Crippen molar-refractivity contribution in [3.05, 3.63) is 28.2 Å². The van der Waals surface area contributed by atoms with Crippen LogP contribution in [0.15, 0.2) is 18.2 Å². The summed E-state index contributed by atoms with van der Waals surface area (Å²) in [4.78, 5) is 51.7. The summed E-state index contributed by atoms with van der Waals surface area (Å²) in [5, 5.41) is 6.80. The predicted molar refractivity (Wildman–Crippen MR) is 117 cm³/mol. The van der Waals surface area contributed by atoms with Crippen molar-refractivity contribution in [2.45, 2.75) is 51.1 Å². The van der Waals surface area contributed by atoms with Gasteiger partial charge in [-0.3, -0.25) is 24.7 Å². The minimum atomic E-state index is -1.04. The second-order valence-electron chi connectivity index (χ2n) is 7.89. The van der Waals surface area contributed by atoms with Crippen LogP contribution in [0, 0.1) is 0 Å². The normalized spacial score (nSPS) is 24.1. The van der Waals surface area contributed by atoms with Crippen molar-refractivity contribution in [2.75, 3.05) is 18.4 Å². The second kappa shape index (κ2) is 9.42. The molecule has 2 unspecified atom stereocenters. The molecule has 0 aliphatic carbocycles. The van der Waals surface area contributed by atoms with Crippen molar-refractivity contribution in [1.82, 2.24) is 20.7 Å². The van der Waals surface area contributed by atoms with Gasteiger partial charge in [-0.2, -0.15) is 5.01 Å². The van der Waals surface area contributed by atoms with Crippen LogP contribution in [0.25, 0.3) is 0 Å². The molecule has 0 aromatic heterocycles. The van der Waals surface area contributed by atoms with Crippen LogP contribution >= 0.6 is 23.2 Å². The highest BCUT2D eigenvalue weighted by atomic mass is 35.5. The van der Waals surface area contributed by atoms with Gasteiger partial charge in [-0.25, -0.2) is 4.79 Å². The van der Waals surface area contributed by atoms with E-state index in [1.54, 1.807) is 36.9 Å². The number of likely N-dealkylation sites (tertiary alicyclic amines) is 1. The second-order valence-corrected chi connectivity index (χ2v) is 8.71. The molecule has 1 aromatic rings. The number of nitrogens with one attached hydrogen (secondary N) is 3. The minimum Gasteiger partial charge on any atom is -0.325 e. The Morgan fingerprint density at radius 1 is 1.23 bits per heavy atom. The fourth-order valence-electron chi connectivity index (χ4n) is 3.65. The van der Waals surface area contributed by atoms with Crippen LogP contribution < -0.4 is 16.1 Å². The Balaban J connectivity index is 1.63. The van der Waals surface area contributed by atoms with Crippen LogP contribution in [0.2, 0.25) is 10.0 Å². The van der Waals surface area contributed by atoms with Crippen molar-refractivity contribution in [3.8, 4) is 0 Å². The monoisotopic (exact) mass is 469 g/mol. The van der Waals surface area contributed by atoms with Crippen molar-refractivity contribution in [2.24, 2.45) is 0 Å². The Labute approximate surface area is 190 Å². The average molecular weight is 470 g/mol. The van der Waals surface area contributed by atoms with Gasteiger partial charge in [-0.1, -0.05) is 36.5 Å². The fraction of sp³-hybridized carbons (Fsp3) is 0.500. The lowest BCUT2D eigenvalue weighted by Crippen LogP contribution is -2.54. The third kappa shape index (κ3) is 5.11. The quantitative estimate of drug-likeness (QED) is 0.554. The topological polar surface area (TPSA) is 111 Å². The van der Waals surface area contributed by atoms with E-state index in [1.165, 1.54) is 0 Å². The van der Waals surface area contributed by atoms with Crippen molar-refractivity contribution < 1.29 is 19.2 Å². The van der Waals surface area contributed by atoms with E-state index in [0.717, 1.165) is 12.8 Å². The zero-order valence-electron chi connectivity index (χ0n) is 17.3. The van der Waals surface area contributed by atoms with Crippen molar-refractivity contribution >= 4 is 52.6 Å². The Hall–Kier alpha value is -2.36. The van der Waals surface area contributed by atoms with E-state index in [9.17, 15) is 19.2 Å². The maximum atomic E-state index is 12.8. The molecule has 3 rings (SSSR count). The molecule has 2 heterocycles. The molecular weight excluding hydrogens is 445 g/mol. The van der Waals surface area contributed by atoms with Gasteiger partial charge in [0.2, 0.25) is 5.91 Å². The van der Waals surface area contributed by atoms with Gasteiger partial charge in [-0.05, 0) is 50.9 Å². The lowest BCUT2D eigenvalue weighted by Gasteiger charge is -2.34. The number of benzene rings is 1. The number of nitrogens with zero attached hydrogens (tertiary/aromatic N) is 2. The predicted octanol–water partition coefficient (Wildman–Crippen LogP) is 2.54. The third-order valence-electron chi connectivity index (χ3n) is 5.65. The molecule has 2 saturated heterocycles. The number of hydrogen-bond donors (Lipinski definition) is 3. The average Bonchev–Trinajstić information content (AvgIpc) is 2.94. The van der Waals surface area contributed by atoms with E-state index in [0.29, 0.717) is 40.1 Å². The molecule has 9 nitrogen and oxygen atoms in total. The molecule has 0 saturated carbocycles. The number of carbonyl (C=O) groups is 4. The van der Waals surface area contributed by atoms with Gasteiger partial charge in [0.15, 0.2) is 0 Å². The van der Waals surface area contributed by atoms with Gasteiger partial charge in [0.1, 0.15) is 5.54 Å². The van der Waals surface area contributed by atoms with Gasteiger partial charge >= 0.3 is 6.03 Å². The van der Waals surface area contributed by atoms with Crippen LogP contribution in [-0.4, -0.2) is 58.3 Å². The zero-order chi connectivity index (χ0) is 22.8. The highest BCUT2D eigenvalue weighted by Gasteiger charge is 2.47. The Kier molecular flexibility index (Phi) is 7.08. The smallest absolute Gasteiger partial charge is 0.325 e. The highest BCUT2D eigenvalue weighted by Crippen LogP contribution is 2.26. The number of anilines is 1. The Bertz CT molecular complexity index is 912. The Morgan fingerprint density at radius 2 is 1.97 bits per heavy atom. The molecule has 0 radical (unpaired) electrons. The summed E-state index contributed by atoms with van der Waals surface area (Å²) in [5.74, 6) is -1.32. The molecule has 31 heavy (non-hydrogen) atoms. The first kappa shape index (κ1) is 23.3. The lowest BCUT2D eigenvalue weighted by atomic mass is 10.00. The molecule has 5 amide bonds. The van der Waals surface area contributed by atoms with Crippen LogP contribution in [0.3, 0.4) is 0 Å². The molecule has 3 N–H and O–H groups in total. The van der Waals surface area contributed by atoms with Gasteiger partial charge in [0.25, 0.3) is 11.8 Å². The summed E-state index contributed by atoms with van der Waals surface area (Å²) < 4.78 is 0. The number of amides is 5. The lowest BCUT2D eigenvalue weighted by molar-refractivity contribution is -0.140. The Morgan fingerprint density at radius 3 is 2.61 bits per heavy atom. The van der Waals surface area contributed by atoms with E-state index >= 15 is 0 Å². The zero-order valence-corrected chi connectivity index (χ0v) is 18.8. The number of hydrogen-bond acceptors (Lipinski definition) is 5. The molecule has 0 spiro atoms. The molecule has 2 aliphatic heterocycles. The van der Waals surface area contributed by atoms with E-state index in [4.69, 9.17) is 23.2 Å². The SMILES string of the molecule is CCC1(C)NC(=O)N(NC(=O)CN2CCCCC2C(=O)Nc2ccc(Cl)c(Cl)c2)C1=O. The summed E-state index contributed by atoms with van der Waals surface area (Å²) in [6.45, 7) is 3.79. The molecule has 168 valence electrons. The van der Waals surface area contributed by atoms with Crippen molar-refractivity contribution in [3.63, 3.8) is 0 Å². The number of imide groups is 1. The standard InChI is InChI=1S/C20H25Cl2N5O4/c1-3-20(2)18(30)27(19(31)24-20)25-16(28)11-26-9-5-4-6-15(26)17(29)23-12-7-8-13(21)14(22)10-12/h7-8,10,15H,3-6,9,11H2,1-2H3,(H,23,29)(H,24,31)(H,25,28). The first-order valence-corrected chi connectivity index (χ1v) is 10.9. The fourth-order valence-corrected chi connectivity index (χ4v) is 3.94. The molecular formula is C20H25Cl2N5O4. The van der Waals surface area contributed by atoms with Crippen LogP contribution in [0.5, 0.6) is 0 Å². The summed E-state index contributed by atoms with van der Waals surface area (Å²) in [7, 11) is 0. The van der Waals surface area contributed by atoms with Gasteiger partial charge in [0, 0.05) is 5.69 Å². The molecule has 2 fully saturated rings. The molecule has 0 bridgehead atoms. The number of rotatable bonds is 6. The van der Waals surface area contributed by atoms with Crippen LogP contribution in [0.4, 0.5) is 10.5 Å². The minimum absolute atomic E-state index is 0.126. The molecule has 11 heteroatoms. The van der Waals surface area contributed by atoms with E-state index in [2.05, 4.69) is 16.1 Å². The van der Waals surface area contributed by atoms with Gasteiger partial charge in [-0.15, -0.1) is 0 Å². The van der Waals surface area contributed by atoms with E-state index in [1.807, 2.05) is 0 Å². The highest BCUT2D eigenvalue weighted by molar-refractivity contribution is 6.42. The molecule has 2 aliphatic rings. The van der Waals surface area contributed by atoms with E-state index in [-0.39, 0.29) is 12.5 Å². The third-order valence-corrected chi connectivity index (χ3v) is 6.39. The summed E-state index contributed by atoms with van der Waals surface area (Å²) in [6.07, 6.45) is 2.66. The molecule has 1 aromatic carbocycles. The first-order valence-electron chi connectivity index (χ1n) is 10.1. The van der Waals surface area contributed by atoms with Gasteiger partial charge < -0.3 is 10.6 Å². The summed E-state index contributed by atoms with van der Waals surface area (Å²) in [6, 6.07) is 3.60.